The maximum atomic E-state index is 13.4. The number of allylic oxidation sites excluding steroid dienone is 1. The predicted molar refractivity (Wildman–Crippen MR) is 131 cm³/mol. The van der Waals surface area contributed by atoms with Crippen molar-refractivity contribution in [2.24, 2.45) is 0 Å². The van der Waals surface area contributed by atoms with Gasteiger partial charge in [-0.3, -0.25) is 4.90 Å². The van der Waals surface area contributed by atoms with Crippen LogP contribution in [-0.4, -0.2) is 21.1 Å². The second kappa shape index (κ2) is 9.54. The Labute approximate surface area is 203 Å². The Bertz CT molecular complexity index is 1360. The fourth-order valence-corrected chi connectivity index (χ4v) is 4.26. The second-order valence-corrected chi connectivity index (χ2v) is 8.48. The number of aromatic nitrogens is 2. The molecule has 6 nitrogen and oxygen atoms in total. The number of benzene rings is 3. The van der Waals surface area contributed by atoms with E-state index >= 15 is 0 Å². The maximum absolute atomic E-state index is 13.4. The second-order valence-electron chi connectivity index (χ2n) is 8.48. The van der Waals surface area contributed by atoms with Gasteiger partial charge in [-0.25, -0.2) is 9.18 Å². The molecule has 1 atom stereocenters. The van der Waals surface area contributed by atoms with Crippen molar-refractivity contribution >= 4 is 11.6 Å². The molecule has 0 radical (unpaired) electrons. The largest absolute Gasteiger partial charge is 0.334 e. The van der Waals surface area contributed by atoms with Crippen LogP contribution in [0, 0.1) is 5.82 Å². The van der Waals surface area contributed by atoms with E-state index < -0.39 is 6.04 Å². The summed E-state index contributed by atoms with van der Waals surface area (Å²) in [4.78, 5) is 19.5. The zero-order chi connectivity index (χ0) is 24.4. The Morgan fingerprint density at radius 3 is 2.37 bits per heavy atom. The Kier molecular flexibility index (Phi) is 6.14. The first-order valence-electron chi connectivity index (χ1n) is 11.5. The first-order chi connectivity index (χ1) is 17.0. The number of carbonyl (C=O) groups is 1. The van der Waals surface area contributed by atoms with E-state index in [0.29, 0.717) is 23.8 Å². The highest BCUT2D eigenvalue weighted by Crippen LogP contribution is 2.38. The number of aryl methyl sites for hydroxylation is 1. The molecule has 0 aliphatic carbocycles. The molecule has 1 N–H and O–H groups in total. The normalized spacial score (nSPS) is 15.9. The first kappa shape index (κ1) is 22.5. The van der Waals surface area contributed by atoms with Crippen LogP contribution in [-0.2, 0) is 13.0 Å². The topological polar surface area (TPSA) is 71.3 Å². The number of hydrogen-bond donors (Lipinski definition) is 1. The average molecular weight is 469 g/mol. The van der Waals surface area contributed by atoms with Crippen LogP contribution in [0.3, 0.4) is 0 Å². The van der Waals surface area contributed by atoms with Gasteiger partial charge < -0.3 is 9.84 Å². The van der Waals surface area contributed by atoms with Crippen LogP contribution < -0.4 is 5.32 Å². The van der Waals surface area contributed by atoms with Crippen LogP contribution in [0.1, 0.15) is 42.5 Å². The van der Waals surface area contributed by atoms with Gasteiger partial charge in [0.2, 0.25) is 5.82 Å². The summed E-state index contributed by atoms with van der Waals surface area (Å²) in [7, 11) is 0. The third-order valence-electron chi connectivity index (χ3n) is 6.26. The summed E-state index contributed by atoms with van der Waals surface area (Å²) in [5.74, 6) is 0.328. The summed E-state index contributed by atoms with van der Waals surface area (Å²) in [6, 6.07) is 23.2. The number of urea groups is 1. The van der Waals surface area contributed by atoms with Crippen molar-refractivity contribution in [3.05, 3.63) is 113 Å². The standard InChI is InChI=1S/C28H25FN4O2/c1-3-19-9-11-21(12-10-19)25-24(27-31-26(32-35-27)22-13-15-23(29)16-14-22)18(2)33(28(34)30-25)17-20-7-5-4-6-8-20/h4-16,25H,3,17H2,1-2H3,(H,30,34). The van der Waals surface area contributed by atoms with Crippen molar-refractivity contribution in [2.75, 3.05) is 0 Å². The van der Waals surface area contributed by atoms with Crippen LogP contribution in [0.4, 0.5) is 9.18 Å². The van der Waals surface area contributed by atoms with Gasteiger partial charge in [0.05, 0.1) is 18.2 Å². The van der Waals surface area contributed by atoms with Crippen molar-refractivity contribution in [1.82, 2.24) is 20.4 Å². The Morgan fingerprint density at radius 1 is 0.971 bits per heavy atom. The van der Waals surface area contributed by atoms with Crippen LogP contribution in [0.5, 0.6) is 0 Å². The molecule has 4 aromatic rings. The van der Waals surface area contributed by atoms with E-state index in [2.05, 4.69) is 34.5 Å². The smallest absolute Gasteiger partial charge is 0.322 e. The fraction of sp³-hybridized carbons (Fsp3) is 0.179. The molecule has 1 aromatic heterocycles. The quantitative estimate of drug-likeness (QED) is 0.369. The minimum atomic E-state index is -0.457. The zero-order valence-electron chi connectivity index (χ0n) is 19.5. The van der Waals surface area contributed by atoms with E-state index in [4.69, 9.17) is 4.52 Å². The van der Waals surface area contributed by atoms with Crippen LogP contribution in [0.2, 0.25) is 0 Å². The van der Waals surface area contributed by atoms with Crippen LogP contribution in [0.25, 0.3) is 17.0 Å². The number of carbonyl (C=O) groups excluding carboxylic acids is 1. The predicted octanol–water partition coefficient (Wildman–Crippen LogP) is 6.14. The number of nitrogens with zero attached hydrogens (tertiary/aromatic N) is 3. The lowest BCUT2D eigenvalue weighted by atomic mass is 9.93. The van der Waals surface area contributed by atoms with Gasteiger partial charge in [-0.15, -0.1) is 0 Å². The lowest BCUT2D eigenvalue weighted by molar-refractivity contribution is 0.203. The van der Waals surface area contributed by atoms with Crippen molar-refractivity contribution in [3.8, 4) is 11.4 Å². The van der Waals surface area contributed by atoms with Crippen molar-refractivity contribution in [1.29, 1.82) is 0 Å². The molecule has 1 aliphatic heterocycles. The van der Waals surface area contributed by atoms with E-state index in [9.17, 15) is 9.18 Å². The molecule has 0 saturated heterocycles. The number of halogens is 1. The highest BCUT2D eigenvalue weighted by atomic mass is 19.1. The Balaban J connectivity index is 1.58. The van der Waals surface area contributed by atoms with Crippen molar-refractivity contribution < 1.29 is 13.7 Å². The lowest BCUT2D eigenvalue weighted by Gasteiger charge is -2.35. The average Bonchev–Trinajstić information content (AvgIpc) is 3.37. The number of rotatable bonds is 6. The third-order valence-corrected chi connectivity index (χ3v) is 6.26. The number of nitrogens with one attached hydrogen (secondary N) is 1. The third kappa shape index (κ3) is 4.57. The zero-order valence-corrected chi connectivity index (χ0v) is 19.5. The molecule has 1 unspecified atom stereocenters. The Morgan fingerprint density at radius 2 is 1.69 bits per heavy atom. The molecule has 1 aliphatic rings. The Hall–Kier alpha value is -4.26. The highest BCUT2D eigenvalue weighted by Gasteiger charge is 2.35. The minimum absolute atomic E-state index is 0.196. The molecule has 176 valence electrons. The monoisotopic (exact) mass is 468 g/mol. The van der Waals surface area contributed by atoms with Gasteiger partial charge in [0.1, 0.15) is 5.82 Å². The molecular weight excluding hydrogens is 443 g/mol. The summed E-state index contributed by atoms with van der Waals surface area (Å²) in [6.07, 6.45) is 0.925. The molecule has 0 spiro atoms. The summed E-state index contributed by atoms with van der Waals surface area (Å²) in [5.41, 5.74) is 5.24. The van der Waals surface area contributed by atoms with Gasteiger partial charge in [0.15, 0.2) is 0 Å². The molecule has 0 fully saturated rings. The van der Waals surface area contributed by atoms with Crippen molar-refractivity contribution in [2.45, 2.75) is 32.9 Å². The molecule has 2 amide bonds. The van der Waals surface area contributed by atoms with E-state index in [-0.39, 0.29) is 11.8 Å². The van der Waals surface area contributed by atoms with Gasteiger partial charge in [-0.2, -0.15) is 4.98 Å². The van der Waals surface area contributed by atoms with Crippen LogP contribution in [0.15, 0.2) is 89.1 Å². The molecule has 0 saturated carbocycles. The lowest BCUT2D eigenvalue weighted by Crippen LogP contribution is -2.45. The van der Waals surface area contributed by atoms with Crippen molar-refractivity contribution in [3.63, 3.8) is 0 Å². The van der Waals surface area contributed by atoms with E-state index in [1.54, 1.807) is 17.0 Å². The summed E-state index contributed by atoms with van der Waals surface area (Å²) < 4.78 is 19.1. The van der Waals surface area contributed by atoms with Crippen LogP contribution >= 0.6 is 0 Å². The fourth-order valence-electron chi connectivity index (χ4n) is 4.26. The van der Waals surface area contributed by atoms with Gasteiger partial charge in [-0.1, -0.05) is 66.7 Å². The summed E-state index contributed by atoms with van der Waals surface area (Å²) in [6.45, 7) is 4.40. The molecule has 7 heteroatoms. The van der Waals surface area contributed by atoms with E-state index in [1.165, 1.54) is 17.7 Å². The van der Waals surface area contributed by atoms with Gasteiger partial charge in [-0.05, 0) is 54.3 Å². The SMILES string of the molecule is CCc1ccc(C2NC(=O)N(Cc3ccccc3)C(C)=C2c2nc(-c3ccc(F)cc3)no2)cc1. The molecule has 35 heavy (non-hydrogen) atoms. The molecular formula is C28H25FN4O2. The van der Waals surface area contributed by atoms with Gasteiger partial charge in [0, 0.05) is 11.3 Å². The maximum Gasteiger partial charge on any atom is 0.322 e. The molecule has 2 heterocycles. The van der Waals surface area contributed by atoms with Gasteiger partial charge in [0.25, 0.3) is 5.89 Å². The number of amides is 2. The summed E-state index contributed by atoms with van der Waals surface area (Å²) >= 11 is 0. The number of hydrogen-bond acceptors (Lipinski definition) is 4. The molecule has 5 rings (SSSR count). The van der Waals surface area contributed by atoms with Gasteiger partial charge >= 0.3 is 6.03 Å². The molecule has 3 aromatic carbocycles. The summed E-state index contributed by atoms with van der Waals surface area (Å²) in [5, 5.41) is 7.26. The minimum Gasteiger partial charge on any atom is -0.334 e. The molecule has 0 bridgehead atoms. The first-order valence-corrected chi connectivity index (χ1v) is 11.5. The van der Waals surface area contributed by atoms with E-state index in [1.807, 2.05) is 49.4 Å². The van der Waals surface area contributed by atoms with E-state index in [0.717, 1.165) is 28.8 Å². The highest BCUT2D eigenvalue weighted by molar-refractivity contribution is 5.86.